The summed E-state index contributed by atoms with van der Waals surface area (Å²) in [6, 6.07) is 25.8. The fourth-order valence-electron chi connectivity index (χ4n) is 5.57. The maximum Gasteiger partial charge on any atom is 0.172 e. The van der Waals surface area contributed by atoms with E-state index in [0.29, 0.717) is 25.0 Å². The molecule has 4 heteroatoms. The number of hydrogen-bond acceptors (Lipinski definition) is 2. The largest absolute Gasteiger partial charge is 0.368 e. The Labute approximate surface area is 194 Å². The molecule has 4 aromatic rings. The van der Waals surface area contributed by atoms with Crippen molar-refractivity contribution in [1.82, 2.24) is 0 Å². The number of fused-ring (bicyclic) bond motifs is 6. The first-order valence-corrected chi connectivity index (χ1v) is 11.7. The summed E-state index contributed by atoms with van der Waals surface area (Å²) in [4.78, 5) is 6.32. The maximum absolute atomic E-state index is 6.64. The van der Waals surface area contributed by atoms with Gasteiger partial charge in [0.2, 0.25) is 0 Å². The highest BCUT2D eigenvalue weighted by atomic mass is 16.5. The van der Waals surface area contributed by atoms with E-state index in [1.165, 1.54) is 22.3 Å². The van der Waals surface area contributed by atoms with Crippen LogP contribution in [0.3, 0.4) is 0 Å². The molecule has 2 aromatic heterocycles. The summed E-state index contributed by atoms with van der Waals surface area (Å²) in [5.41, 5.74) is 7.63. The van der Waals surface area contributed by atoms with Crippen molar-refractivity contribution in [3.63, 3.8) is 0 Å². The second-order valence-electron chi connectivity index (χ2n) is 8.99. The van der Waals surface area contributed by atoms with E-state index in [1.807, 2.05) is 36.9 Å². The fraction of sp³-hybridized carbons (Fsp3) is 0.241. The zero-order chi connectivity index (χ0) is 22.0. The number of benzene rings is 2. The molecule has 2 heterocycles. The Bertz CT molecular complexity index is 1130. The van der Waals surface area contributed by atoms with Crippen LogP contribution in [-0.4, -0.2) is 0 Å². The van der Waals surface area contributed by atoms with Crippen LogP contribution in [0.15, 0.2) is 97.6 Å². The van der Waals surface area contributed by atoms with E-state index in [1.54, 1.807) is 0 Å². The molecule has 0 spiro atoms. The van der Waals surface area contributed by atoms with Crippen molar-refractivity contribution in [2.45, 2.75) is 43.7 Å². The fourth-order valence-corrected chi connectivity index (χ4v) is 5.57. The second kappa shape index (κ2) is 8.89. The third kappa shape index (κ3) is 3.86. The van der Waals surface area contributed by atoms with Crippen LogP contribution in [0.25, 0.3) is 0 Å². The molecular formula is C29H28N2O2+2. The molecule has 33 heavy (non-hydrogen) atoms. The highest BCUT2D eigenvalue weighted by Gasteiger charge is 2.45. The number of hydrogen-bond donors (Lipinski definition) is 0. The molecular weight excluding hydrogens is 408 g/mol. The minimum atomic E-state index is 0.0310. The van der Waals surface area contributed by atoms with E-state index >= 15 is 0 Å². The minimum absolute atomic E-state index is 0.0310. The molecule has 0 saturated heterocycles. The highest BCUT2D eigenvalue weighted by molar-refractivity contribution is 5.47. The van der Waals surface area contributed by atoms with Gasteiger partial charge < -0.3 is 9.47 Å². The molecule has 6 rings (SSSR count). The van der Waals surface area contributed by atoms with Crippen molar-refractivity contribution in [2.24, 2.45) is 0 Å². The summed E-state index contributed by atoms with van der Waals surface area (Å²) >= 11 is 0. The highest BCUT2D eigenvalue weighted by Crippen LogP contribution is 2.58. The maximum atomic E-state index is 6.64. The zero-order valence-electron chi connectivity index (χ0n) is 18.5. The smallest absolute Gasteiger partial charge is 0.172 e. The molecule has 164 valence electrons. The van der Waals surface area contributed by atoms with Crippen LogP contribution >= 0.6 is 0 Å². The Balaban J connectivity index is 1.36. The number of aromatic amines is 2. The van der Waals surface area contributed by atoms with Crippen LogP contribution in [-0.2, 0) is 22.7 Å². The van der Waals surface area contributed by atoms with Gasteiger partial charge in [0.15, 0.2) is 24.8 Å². The Morgan fingerprint density at radius 1 is 0.576 bits per heavy atom. The standard InChI is InChI=1S/C29H26N2O2/c1-3-11-24-22(9-1)26-15-27(28(24)32-18-20-7-5-13-30-16-20)23-10-2-4-12-25(23)29(26)33-19-21-8-6-14-31-17-21/h1-14,16-17,26-29H,15,18-19H2/p+2/t26-,27-,28-,29-/m0/s1. The van der Waals surface area contributed by atoms with Gasteiger partial charge in [0.1, 0.15) is 0 Å². The zero-order valence-corrected chi connectivity index (χ0v) is 18.5. The van der Waals surface area contributed by atoms with Crippen LogP contribution in [0.1, 0.15) is 63.8 Å². The lowest BCUT2D eigenvalue weighted by atomic mass is 9.64. The number of nitrogens with one attached hydrogen (secondary N) is 2. The molecule has 2 aliphatic rings. The van der Waals surface area contributed by atoms with E-state index in [9.17, 15) is 0 Å². The summed E-state index contributed by atoms with van der Waals surface area (Å²) in [6.07, 6.45) is 8.97. The molecule has 0 aliphatic heterocycles. The average molecular weight is 437 g/mol. The summed E-state index contributed by atoms with van der Waals surface area (Å²) in [6.45, 7) is 1.17. The number of rotatable bonds is 6. The van der Waals surface area contributed by atoms with Gasteiger partial charge in [-0.15, -0.1) is 0 Å². The predicted molar refractivity (Wildman–Crippen MR) is 124 cm³/mol. The van der Waals surface area contributed by atoms with E-state index in [0.717, 1.165) is 17.5 Å². The third-order valence-corrected chi connectivity index (χ3v) is 7.04. The van der Waals surface area contributed by atoms with Crippen LogP contribution in [0.4, 0.5) is 0 Å². The van der Waals surface area contributed by atoms with E-state index in [2.05, 4.69) is 70.6 Å². The van der Waals surface area contributed by atoms with Gasteiger partial charge in [-0.2, -0.15) is 0 Å². The first-order chi connectivity index (χ1) is 16.4. The van der Waals surface area contributed by atoms with Crippen molar-refractivity contribution >= 4 is 0 Å². The molecule has 4 atom stereocenters. The van der Waals surface area contributed by atoms with E-state index in [4.69, 9.17) is 9.47 Å². The van der Waals surface area contributed by atoms with Gasteiger partial charge in [0.05, 0.1) is 25.4 Å². The molecule has 0 saturated carbocycles. The summed E-state index contributed by atoms with van der Waals surface area (Å²) in [7, 11) is 0. The Kier molecular flexibility index (Phi) is 5.46. The Morgan fingerprint density at radius 2 is 1.03 bits per heavy atom. The summed E-state index contributed by atoms with van der Waals surface area (Å²) in [5, 5.41) is 0. The van der Waals surface area contributed by atoms with Gasteiger partial charge in [-0.3, -0.25) is 0 Å². The molecule has 2 bridgehead atoms. The number of H-pyrrole nitrogens is 2. The molecule has 2 aromatic carbocycles. The van der Waals surface area contributed by atoms with Crippen LogP contribution in [0.5, 0.6) is 0 Å². The second-order valence-corrected chi connectivity index (χ2v) is 8.99. The first kappa shape index (κ1) is 20.3. The van der Waals surface area contributed by atoms with Crippen molar-refractivity contribution in [2.75, 3.05) is 0 Å². The van der Waals surface area contributed by atoms with Gasteiger partial charge in [0.25, 0.3) is 0 Å². The molecule has 2 N–H and O–H groups in total. The molecule has 0 radical (unpaired) electrons. The van der Waals surface area contributed by atoms with Gasteiger partial charge >= 0.3 is 0 Å². The van der Waals surface area contributed by atoms with Crippen LogP contribution in [0.2, 0.25) is 0 Å². The SMILES string of the molecule is c1c[nH+]cc(CO[C@H]2c3ccccc3[C@@H]3C[C@H]2c2ccccc2[C@@H]3OCc2ccc[nH+]c2)c1. The minimum Gasteiger partial charge on any atom is -0.368 e. The molecule has 0 fully saturated rings. The lowest BCUT2D eigenvalue weighted by Gasteiger charge is -2.46. The van der Waals surface area contributed by atoms with Crippen molar-refractivity contribution in [1.29, 1.82) is 0 Å². The molecule has 0 amide bonds. The van der Waals surface area contributed by atoms with Crippen molar-refractivity contribution in [3.8, 4) is 0 Å². The monoisotopic (exact) mass is 436 g/mol. The van der Waals surface area contributed by atoms with Gasteiger partial charge in [0, 0.05) is 35.1 Å². The molecule has 4 nitrogen and oxygen atoms in total. The van der Waals surface area contributed by atoms with Gasteiger partial charge in [-0.05, 0) is 40.8 Å². The average Bonchev–Trinajstić information content (AvgIpc) is 2.89. The van der Waals surface area contributed by atoms with Crippen molar-refractivity contribution < 1.29 is 19.4 Å². The third-order valence-electron chi connectivity index (χ3n) is 7.04. The summed E-state index contributed by atoms with van der Waals surface area (Å²) in [5.74, 6) is 0.636. The number of aromatic nitrogens is 2. The molecule has 0 unspecified atom stereocenters. The lowest BCUT2D eigenvalue weighted by Crippen LogP contribution is -2.33. The normalized spacial score (nSPS) is 22.9. The quantitative estimate of drug-likeness (QED) is 0.421. The van der Waals surface area contributed by atoms with Crippen LogP contribution in [0, 0.1) is 0 Å². The Morgan fingerprint density at radius 3 is 1.45 bits per heavy atom. The van der Waals surface area contributed by atoms with Crippen molar-refractivity contribution in [3.05, 3.63) is 131 Å². The van der Waals surface area contributed by atoms with E-state index < -0.39 is 0 Å². The van der Waals surface area contributed by atoms with E-state index in [-0.39, 0.29) is 12.2 Å². The summed E-state index contributed by atoms with van der Waals surface area (Å²) < 4.78 is 13.3. The van der Waals surface area contributed by atoms with Gasteiger partial charge in [-0.25, -0.2) is 9.97 Å². The lowest BCUT2D eigenvalue weighted by molar-refractivity contribution is -0.379. The predicted octanol–water partition coefficient (Wildman–Crippen LogP) is 5.12. The number of ether oxygens (including phenoxy) is 2. The van der Waals surface area contributed by atoms with Crippen LogP contribution < -0.4 is 9.97 Å². The number of pyridine rings is 2. The molecule has 2 aliphatic carbocycles. The topological polar surface area (TPSA) is 46.7 Å². The Hall–Kier alpha value is -3.34. The van der Waals surface area contributed by atoms with Gasteiger partial charge in [-0.1, -0.05) is 48.5 Å². The first-order valence-electron chi connectivity index (χ1n) is 11.7.